The van der Waals surface area contributed by atoms with Crippen molar-refractivity contribution in [2.45, 2.75) is 96.0 Å². The molecule has 0 bridgehead atoms. The highest BCUT2D eigenvalue weighted by atomic mass is 19.3. The fourth-order valence-electron chi connectivity index (χ4n) is 4.04. The Kier molecular flexibility index (Phi) is 10.7. The first-order valence-corrected chi connectivity index (χ1v) is 10.9. The Labute approximate surface area is 164 Å². The van der Waals surface area contributed by atoms with Crippen molar-refractivity contribution in [2.75, 3.05) is 6.61 Å². The largest absolute Gasteiger partial charge is 0.378 e. The molecular weight excluding hydrogens is 342 g/mol. The summed E-state index contributed by atoms with van der Waals surface area (Å²) >= 11 is 0. The van der Waals surface area contributed by atoms with E-state index in [1.165, 1.54) is 56.9 Å². The molecule has 0 aliphatic heterocycles. The van der Waals surface area contributed by atoms with E-state index in [0.29, 0.717) is 17.6 Å². The highest BCUT2D eigenvalue weighted by Crippen LogP contribution is 2.34. The number of halogens is 2. The quantitative estimate of drug-likeness (QED) is 0.334. The summed E-state index contributed by atoms with van der Waals surface area (Å²) in [5, 5.41) is 0. The molecule has 0 radical (unpaired) electrons. The lowest BCUT2D eigenvalue weighted by molar-refractivity contribution is 0.0226. The van der Waals surface area contributed by atoms with Crippen molar-refractivity contribution in [1.82, 2.24) is 0 Å². The Bertz CT molecular complexity index is 526. The van der Waals surface area contributed by atoms with Crippen molar-refractivity contribution >= 4 is 6.08 Å². The summed E-state index contributed by atoms with van der Waals surface area (Å²) in [7, 11) is 0. The van der Waals surface area contributed by atoms with Crippen LogP contribution in [0.1, 0.15) is 101 Å². The van der Waals surface area contributed by atoms with Crippen LogP contribution in [0, 0.1) is 0 Å². The second-order valence-electron chi connectivity index (χ2n) is 7.92. The van der Waals surface area contributed by atoms with Gasteiger partial charge in [0.15, 0.2) is 0 Å². The lowest BCUT2D eigenvalue weighted by atomic mass is 9.82. The maximum atomic E-state index is 12.3. The van der Waals surface area contributed by atoms with Crippen molar-refractivity contribution < 1.29 is 13.5 Å². The third-order valence-corrected chi connectivity index (χ3v) is 5.71. The highest BCUT2D eigenvalue weighted by Gasteiger charge is 2.22. The van der Waals surface area contributed by atoms with E-state index < -0.39 is 6.08 Å². The van der Waals surface area contributed by atoms with Gasteiger partial charge in [-0.05, 0) is 49.1 Å². The summed E-state index contributed by atoms with van der Waals surface area (Å²) in [6.45, 7) is 3.16. The number of hydrogen-bond donors (Lipinski definition) is 0. The first-order valence-electron chi connectivity index (χ1n) is 10.9. The molecule has 1 saturated carbocycles. The Hall–Kier alpha value is -1.22. The normalized spacial score (nSPS) is 19.8. The Balaban J connectivity index is 1.56. The van der Waals surface area contributed by atoms with Crippen molar-refractivity contribution in [1.29, 1.82) is 0 Å². The summed E-state index contributed by atoms with van der Waals surface area (Å²) in [5.74, 6) is 0.543. The summed E-state index contributed by atoms with van der Waals surface area (Å²) < 4.78 is 30.7. The van der Waals surface area contributed by atoms with Crippen LogP contribution in [0.25, 0.3) is 6.08 Å². The molecule has 0 amide bonds. The average molecular weight is 379 g/mol. The van der Waals surface area contributed by atoms with Crippen LogP contribution >= 0.6 is 0 Å². The molecule has 0 unspecified atom stereocenters. The van der Waals surface area contributed by atoms with Gasteiger partial charge in [0.05, 0.1) is 6.10 Å². The van der Waals surface area contributed by atoms with Gasteiger partial charge in [0.25, 0.3) is 6.08 Å². The molecule has 1 nitrogen and oxygen atoms in total. The maximum absolute atomic E-state index is 12.3. The van der Waals surface area contributed by atoms with Crippen LogP contribution in [0.3, 0.4) is 0 Å². The predicted octanol–water partition coefficient (Wildman–Crippen LogP) is 8.11. The van der Waals surface area contributed by atoms with Crippen LogP contribution < -0.4 is 0 Å². The van der Waals surface area contributed by atoms with Crippen LogP contribution in [-0.4, -0.2) is 12.7 Å². The van der Waals surface area contributed by atoms with Crippen LogP contribution in [0.15, 0.2) is 30.3 Å². The summed E-state index contributed by atoms with van der Waals surface area (Å²) in [6, 6.07) is 7.58. The third-order valence-electron chi connectivity index (χ3n) is 5.71. The van der Waals surface area contributed by atoms with Gasteiger partial charge in [-0.15, -0.1) is 0 Å². The lowest BCUT2D eigenvalue weighted by Crippen LogP contribution is -2.21. The zero-order valence-electron chi connectivity index (χ0n) is 16.9. The molecule has 0 saturated heterocycles. The van der Waals surface area contributed by atoms with Gasteiger partial charge >= 0.3 is 0 Å². The van der Waals surface area contributed by atoms with Crippen molar-refractivity contribution in [3.8, 4) is 0 Å². The van der Waals surface area contributed by atoms with Crippen molar-refractivity contribution in [3.63, 3.8) is 0 Å². The molecule has 1 aromatic rings. The number of benzene rings is 1. The molecule has 1 aliphatic rings. The fraction of sp³-hybridized carbons (Fsp3) is 0.667. The van der Waals surface area contributed by atoms with Crippen LogP contribution in [0.4, 0.5) is 8.78 Å². The van der Waals surface area contributed by atoms with E-state index >= 15 is 0 Å². The molecule has 2 rings (SSSR count). The van der Waals surface area contributed by atoms with Gasteiger partial charge in [0.1, 0.15) is 0 Å². The predicted molar refractivity (Wildman–Crippen MR) is 110 cm³/mol. The average Bonchev–Trinajstić information content (AvgIpc) is 2.67. The summed E-state index contributed by atoms with van der Waals surface area (Å²) in [5.41, 5.74) is 1.84. The molecule has 0 heterocycles. The minimum Gasteiger partial charge on any atom is -0.378 e. The maximum Gasteiger partial charge on any atom is 0.270 e. The van der Waals surface area contributed by atoms with Gasteiger partial charge in [-0.25, -0.2) is 0 Å². The van der Waals surface area contributed by atoms with E-state index in [9.17, 15) is 8.78 Å². The van der Waals surface area contributed by atoms with Crippen LogP contribution in [0.2, 0.25) is 0 Å². The van der Waals surface area contributed by atoms with Crippen molar-refractivity contribution in [3.05, 3.63) is 41.5 Å². The Morgan fingerprint density at radius 2 is 1.48 bits per heavy atom. The molecule has 0 aromatic heterocycles. The molecule has 3 heteroatoms. The number of ether oxygens (including phenoxy) is 1. The smallest absolute Gasteiger partial charge is 0.270 e. The minimum atomic E-state index is -1.64. The van der Waals surface area contributed by atoms with Gasteiger partial charge in [-0.1, -0.05) is 76.1 Å². The van der Waals surface area contributed by atoms with E-state index in [1.54, 1.807) is 12.1 Å². The second-order valence-corrected chi connectivity index (χ2v) is 7.92. The van der Waals surface area contributed by atoms with Gasteiger partial charge in [-0.2, -0.15) is 8.78 Å². The lowest BCUT2D eigenvalue weighted by Gasteiger charge is -2.29. The molecule has 1 aromatic carbocycles. The summed E-state index contributed by atoms with van der Waals surface area (Å²) in [4.78, 5) is 0. The molecule has 1 aliphatic carbocycles. The van der Waals surface area contributed by atoms with Crippen LogP contribution in [-0.2, 0) is 4.74 Å². The van der Waals surface area contributed by atoms with Gasteiger partial charge in [0.2, 0.25) is 0 Å². The zero-order chi connectivity index (χ0) is 19.3. The van der Waals surface area contributed by atoms with E-state index in [2.05, 4.69) is 6.92 Å². The number of unbranched alkanes of at least 4 members (excludes halogenated alkanes) is 7. The number of rotatable bonds is 12. The molecule has 152 valence electrons. The van der Waals surface area contributed by atoms with Gasteiger partial charge in [0, 0.05) is 12.7 Å². The van der Waals surface area contributed by atoms with E-state index in [0.717, 1.165) is 38.4 Å². The molecular formula is C24H36F2O. The van der Waals surface area contributed by atoms with Gasteiger partial charge in [-0.3, -0.25) is 0 Å². The van der Waals surface area contributed by atoms with Gasteiger partial charge < -0.3 is 4.74 Å². The second kappa shape index (κ2) is 13.0. The fourth-order valence-corrected chi connectivity index (χ4v) is 4.04. The SMILES string of the molecule is CCCCCCCCCCOC1CCC(c2ccc(C=C(F)F)cc2)CC1. The highest BCUT2D eigenvalue weighted by molar-refractivity contribution is 5.50. The standard InChI is InChI=1S/C24H36F2O/c1-2-3-4-5-6-7-8-9-18-27-23-16-14-22(15-17-23)21-12-10-20(11-13-21)19-24(25)26/h10-13,19,22-23H,2-9,14-18H2,1H3. The topological polar surface area (TPSA) is 9.23 Å². The Morgan fingerprint density at radius 1 is 0.889 bits per heavy atom. The van der Waals surface area contributed by atoms with Crippen LogP contribution in [0.5, 0.6) is 0 Å². The first kappa shape index (κ1) is 22.1. The Morgan fingerprint density at radius 3 is 2.07 bits per heavy atom. The minimum absolute atomic E-state index is 0.411. The molecule has 1 fully saturated rings. The zero-order valence-corrected chi connectivity index (χ0v) is 16.9. The third kappa shape index (κ3) is 9.01. The molecule has 0 N–H and O–H groups in total. The van der Waals surface area contributed by atoms with E-state index in [1.807, 2.05) is 12.1 Å². The van der Waals surface area contributed by atoms with E-state index in [4.69, 9.17) is 4.74 Å². The molecule has 0 atom stereocenters. The number of hydrogen-bond acceptors (Lipinski definition) is 1. The van der Waals surface area contributed by atoms with Crippen molar-refractivity contribution in [2.24, 2.45) is 0 Å². The van der Waals surface area contributed by atoms with E-state index in [-0.39, 0.29) is 0 Å². The molecule has 0 spiro atoms. The monoisotopic (exact) mass is 378 g/mol. The molecule has 27 heavy (non-hydrogen) atoms. The first-order chi connectivity index (χ1) is 13.2. The summed E-state index contributed by atoms with van der Waals surface area (Å²) in [6.07, 6.45) is 14.9.